The van der Waals surface area contributed by atoms with Gasteiger partial charge in [-0.3, -0.25) is 9.59 Å². The van der Waals surface area contributed by atoms with Crippen molar-refractivity contribution >= 4 is 22.7 Å². The van der Waals surface area contributed by atoms with Crippen molar-refractivity contribution < 1.29 is 29.3 Å². The Morgan fingerprint density at radius 2 is 2.15 bits per heavy atom. The first-order valence-electron chi connectivity index (χ1n) is 8.35. The fourth-order valence-corrected chi connectivity index (χ4v) is 3.36. The molecule has 2 atom stereocenters. The summed E-state index contributed by atoms with van der Waals surface area (Å²) in [6.07, 6.45) is 3.79. The summed E-state index contributed by atoms with van der Waals surface area (Å²) in [5.74, 6) is 0.0886. The third-order valence-electron chi connectivity index (χ3n) is 4.12. The van der Waals surface area contributed by atoms with Gasteiger partial charge in [0.15, 0.2) is 12.6 Å². The number of hydrogen-bond acceptors (Lipinski definition) is 7. The maximum absolute atomic E-state index is 11.9. The van der Waals surface area contributed by atoms with Crippen LogP contribution in [0, 0.1) is 5.41 Å². The maximum Gasteiger partial charge on any atom is 0.216 e. The van der Waals surface area contributed by atoms with Gasteiger partial charge in [-0.15, -0.1) is 0 Å². The average molecular weight is 384 g/mol. The summed E-state index contributed by atoms with van der Waals surface area (Å²) in [5.41, 5.74) is 0.0352. The number of thioether (sulfide) groups is 1. The molecule has 0 spiro atoms. The van der Waals surface area contributed by atoms with Crippen LogP contribution < -0.4 is 0 Å². The number of aliphatic hydroxyl groups excluding tert-OH is 2. The van der Waals surface area contributed by atoms with Gasteiger partial charge in [0.25, 0.3) is 0 Å². The third-order valence-corrected chi connectivity index (χ3v) is 5.18. The van der Waals surface area contributed by atoms with E-state index in [-0.39, 0.29) is 31.5 Å². The molecule has 146 valence electrons. The van der Waals surface area contributed by atoms with Crippen LogP contribution in [-0.4, -0.2) is 52.0 Å². The van der Waals surface area contributed by atoms with Crippen molar-refractivity contribution in [3.8, 4) is 0 Å². The third kappa shape index (κ3) is 6.09. The van der Waals surface area contributed by atoms with E-state index in [4.69, 9.17) is 9.47 Å². The van der Waals surface area contributed by atoms with Crippen LogP contribution in [0.4, 0.5) is 0 Å². The highest BCUT2D eigenvalue weighted by molar-refractivity contribution is 8.15. The molecule has 0 fully saturated rings. The Bertz CT molecular complexity index is 607. The standard InChI is InChI=1S/C19H28O6S/c1-6-13(2)10-19(5)15(9-16(22)26-19)25-12-24-8-7-14(21)17(23)18(3,4)11-20/h6,9-10,17,20,23H,1,7-8,11-12H2,2-5H3/b13-10+. The maximum atomic E-state index is 11.9. The van der Waals surface area contributed by atoms with Crippen LogP contribution in [0.1, 0.15) is 34.1 Å². The van der Waals surface area contributed by atoms with Crippen molar-refractivity contribution in [2.24, 2.45) is 5.41 Å². The van der Waals surface area contributed by atoms with Crippen LogP contribution in [0.25, 0.3) is 0 Å². The summed E-state index contributed by atoms with van der Waals surface area (Å²) in [6, 6.07) is 0. The molecular weight excluding hydrogens is 356 g/mol. The molecule has 0 saturated heterocycles. The zero-order valence-corrected chi connectivity index (χ0v) is 16.6. The van der Waals surface area contributed by atoms with Crippen molar-refractivity contribution in [2.45, 2.75) is 45.0 Å². The number of rotatable bonds is 11. The van der Waals surface area contributed by atoms with Crippen LogP contribution in [0.15, 0.2) is 36.1 Å². The lowest BCUT2D eigenvalue weighted by Crippen LogP contribution is -2.39. The molecule has 1 rings (SSSR count). The van der Waals surface area contributed by atoms with Gasteiger partial charge in [0.1, 0.15) is 11.9 Å². The largest absolute Gasteiger partial charge is 0.470 e. The van der Waals surface area contributed by atoms with Crippen molar-refractivity contribution in [3.63, 3.8) is 0 Å². The molecule has 0 bridgehead atoms. The molecule has 0 amide bonds. The van der Waals surface area contributed by atoms with E-state index in [0.717, 1.165) is 17.3 Å². The van der Waals surface area contributed by atoms with Crippen LogP contribution >= 0.6 is 11.8 Å². The summed E-state index contributed by atoms with van der Waals surface area (Å²) in [6.45, 7) is 10.4. The Labute approximate surface area is 158 Å². The number of ether oxygens (including phenoxy) is 2. The summed E-state index contributed by atoms with van der Waals surface area (Å²) < 4.78 is 10.3. The fraction of sp³-hybridized carbons (Fsp3) is 0.579. The van der Waals surface area contributed by atoms with Gasteiger partial charge in [0.05, 0.1) is 18.0 Å². The number of allylic oxidation sites excluding steroid dienone is 2. The molecule has 0 aliphatic carbocycles. The van der Waals surface area contributed by atoms with E-state index in [1.165, 1.54) is 6.08 Å². The first-order valence-corrected chi connectivity index (χ1v) is 9.16. The monoisotopic (exact) mass is 384 g/mol. The second-order valence-electron chi connectivity index (χ2n) is 7.07. The Morgan fingerprint density at radius 3 is 2.73 bits per heavy atom. The number of ketones is 1. The van der Waals surface area contributed by atoms with E-state index in [2.05, 4.69) is 6.58 Å². The van der Waals surface area contributed by atoms with Gasteiger partial charge in [-0.1, -0.05) is 49.9 Å². The predicted octanol–water partition coefficient (Wildman–Crippen LogP) is 2.36. The molecule has 1 aliphatic heterocycles. The topological polar surface area (TPSA) is 93.1 Å². The highest BCUT2D eigenvalue weighted by Crippen LogP contribution is 2.42. The Hall–Kier alpha value is -1.41. The normalized spacial score (nSPS) is 22.2. The minimum atomic E-state index is -1.25. The second kappa shape index (κ2) is 9.50. The molecule has 0 aromatic carbocycles. The van der Waals surface area contributed by atoms with Crippen molar-refractivity contribution in [2.75, 3.05) is 20.0 Å². The fourth-order valence-electron chi connectivity index (χ4n) is 2.31. The molecule has 2 N–H and O–H groups in total. The van der Waals surface area contributed by atoms with Crippen molar-refractivity contribution in [1.82, 2.24) is 0 Å². The van der Waals surface area contributed by atoms with Gasteiger partial charge in [-0.25, -0.2) is 0 Å². The van der Waals surface area contributed by atoms with Crippen LogP contribution in [0.3, 0.4) is 0 Å². The van der Waals surface area contributed by atoms with Crippen LogP contribution in [0.2, 0.25) is 0 Å². The minimum Gasteiger partial charge on any atom is -0.470 e. The van der Waals surface area contributed by atoms with E-state index in [1.54, 1.807) is 19.9 Å². The summed E-state index contributed by atoms with van der Waals surface area (Å²) in [5, 5.41) is 19.0. The molecule has 0 radical (unpaired) electrons. The molecule has 2 unspecified atom stereocenters. The quantitative estimate of drug-likeness (QED) is 0.321. The molecule has 6 nitrogen and oxygen atoms in total. The molecule has 0 aromatic heterocycles. The van der Waals surface area contributed by atoms with E-state index < -0.39 is 22.0 Å². The number of carbonyl (C=O) groups is 2. The second-order valence-corrected chi connectivity index (χ2v) is 8.52. The number of Topliss-reactive ketones (excluding diaryl/α,β-unsaturated/α-hetero) is 1. The smallest absolute Gasteiger partial charge is 0.216 e. The first kappa shape index (κ1) is 22.6. The Morgan fingerprint density at radius 1 is 1.50 bits per heavy atom. The molecule has 0 aromatic rings. The zero-order valence-electron chi connectivity index (χ0n) is 15.8. The van der Waals surface area contributed by atoms with Crippen LogP contribution in [0.5, 0.6) is 0 Å². The van der Waals surface area contributed by atoms with Gasteiger partial charge in [-0.2, -0.15) is 0 Å². The minimum absolute atomic E-state index is 0.00737. The zero-order chi connectivity index (χ0) is 20.0. The molecule has 1 heterocycles. The number of hydrogen-bond donors (Lipinski definition) is 2. The van der Waals surface area contributed by atoms with E-state index >= 15 is 0 Å². The van der Waals surface area contributed by atoms with Gasteiger partial charge >= 0.3 is 0 Å². The van der Waals surface area contributed by atoms with E-state index in [1.807, 2.05) is 19.9 Å². The molecular formula is C19H28O6S. The van der Waals surface area contributed by atoms with E-state index in [0.29, 0.717) is 5.76 Å². The summed E-state index contributed by atoms with van der Waals surface area (Å²) in [4.78, 5) is 23.6. The molecule has 1 aliphatic rings. The predicted molar refractivity (Wildman–Crippen MR) is 101 cm³/mol. The molecule has 0 saturated carbocycles. The highest BCUT2D eigenvalue weighted by atomic mass is 32.2. The van der Waals surface area contributed by atoms with Gasteiger partial charge in [-0.05, 0) is 13.8 Å². The molecule has 26 heavy (non-hydrogen) atoms. The lowest BCUT2D eigenvalue weighted by atomic mass is 9.84. The SMILES string of the molecule is C=C/C(C)=C/C1(C)SC(=O)C=C1OCOCCC(=O)C(O)C(C)(C)CO. The lowest BCUT2D eigenvalue weighted by molar-refractivity contribution is -0.136. The number of carbonyl (C=O) groups excluding carboxylic acids is 2. The van der Waals surface area contributed by atoms with Gasteiger partial charge in [0.2, 0.25) is 5.12 Å². The highest BCUT2D eigenvalue weighted by Gasteiger charge is 2.38. The summed E-state index contributed by atoms with van der Waals surface area (Å²) in [7, 11) is 0. The average Bonchev–Trinajstić information content (AvgIpc) is 2.86. The van der Waals surface area contributed by atoms with Crippen molar-refractivity contribution in [1.29, 1.82) is 0 Å². The van der Waals surface area contributed by atoms with Gasteiger partial charge < -0.3 is 19.7 Å². The Balaban J connectivity index is 2.48. The number of aliphatic hydroxyl groups is 2. The van der Waals surface area contributed by atoms with Crippen molar-refractivity contribution in [3.05, 3.63) is 36.1 Å². The lowest BCUT2D eigenvalue weighted by Gasteiger charge is -2.27. The van der Waals surface area contributed by atoms with E-state index in [9.17, 15) is 19.8 Å². The summed E-state index contributed by atoms with van der Waals surface area (Å²) >= 11 is 1.15. The first-order chi connectivity index (χ1) is 12.1. The molecule has 7 heteroatoms. The Kier molecular flexibility index (Phi) is 8.27. The van der Waals surface area contributed by atoms with Gasteiger partial charge in [0, 0.05) is 17.9 Å². The van der Waals surface area contributed by atoms with Crippen LogP contribution in [-0.2, 0) is 19.1 Å².